The lowest BCUT2D eigenvalue weighted by Crippen LogP contribution is -2.00. The Labute approximate surface area is 252 Å². The zero-order valence-electron chi connectivity index (χ0n) is 26.2. The normalized spacial score (nSPS) is 14.2. The predicted octanol–water partition coefficient (Wildman–Crippen LogP) is 9.80. The van der Waals surface area contributed by atoms with Gasteiger partial charge in [-0.15, -0.1) is 0 Å². The Morgan fingerprint density at radius 3 is 2.29 bits per heavy atom. The molecule has 222 valence electrons. The highest BCUT2D eigenvalue weighted by Crippen LogP contribution is 2.44. The maximum atomic E-state index is 8.95. The quantitative estimate of drug-likeness (QED) is 0.168. The van der Waals surface area contributed by atoms with Crippen molar-refractivity contribution in [1.82, 2.24) is 0 Å². The van der Waals surface area contributed by atoms with Gasteiger partial charge in [-0.25, -0.2) is 0 Å². The Morgan fingerprint density at radius 1 is 0.976 bits per heavy atom. The summed E-state index contributed by atoms with van der Waals surface area (Å²) in [5, 5.41) is 0. The van der Waals surface area contributed by atoms with Crippen LogP contribution in [0, 0.1) is 13.8 Å². The van der Waals surface area contributed by atoms with Gasteiger partial charge in [0.25, 0.3) is 6.47 Å². The van der Waals surface area contributed by atoms with Crippen LogP contribution in [0.3, 0.4) is 0 Å². The zero-order valence-corrected chi connectivity index (χ0v) is 27.0. The molecule has 0 aromatic heterocycles. The van der Waals surface area contributed by atoms with Crippen LogP contribution < -0.4 is 9.47 Å². The van der Waals surface area contributed by atoms with Gasteiger partial charge < -0.3 is 14.2 Å². The Morgan fingerprint density at radius 2 is 1.68 bits per heavy atom. The van der Waals surface area contributed by atoms with Crippen molar-refractivity contribution >= 4 is 23.8 Å². The lowest BCUT2D eigenvalue weighted by molar-refractivity contribution is -0.126. The Bertz CT molecular complexity index is 1240. The van der Waals surface area contributed by atoms with E-state index in [9.17, 15) is 0 Å². The van der Waals surface area contributed by atoms with E-state index in [1.165, 1.54) is 58.0 Å². The van der Waals surface area contributed by atoms with Crippen LogP contribution in [0.2, 0.25) is 0 Å². The van der Waals surface area contributed by atoms with Gasteiger partial charge in [0.05, 0.1) is 13.7 Å². The number of fused-ring (bicyclic) bond motifs is 1. The molecular formula is C36H48O4S. The molecule has 0 N–H and O–H groups in total. The molecule has 0 heterocycles. The van der Waals surface area contributed by atoms with Gasteiger partial charge in [0.15, 0.2) is 0 Å². The summed E-state index contributed by atoms with van der Waals surface area (Å²) < 4.78 is 16.1. The van der Waals surface area contributed by atoms with E-state index in [0.717, 1.165) is 36.7 Å². The smallest absolute Gasteiger partial charge is 0.292 e. The van der Waals surface area contributed by atoms with Crippen molar-refractivity contribution in [2.45, 2.75) is 73.3 Å². The van der Waals surface area contributed by atoms with Gasteiger partial charge in [-0.2, -0.15) is 11.8 Å². The fourth-order valence-electron chi connectivity index (χ4n) is 5.22. The van der Waals surface area contributed by atoms with Crippen molar-refractivity contribution in [3.8, 4) is 22.6 Å². The van der Waals surface area contributed by atoms with Crippen LogP contribution in [0.15, 0.2) is 60.7 Å². The third-order valence-corrected chi connectivity index (χ3v) is 7.80. The van der Waals surface area contributed by atoms with Gasteiger partial charge in [0.2, 0.25) is 0 Å². The molecule has 4 nitrogen and oxygen atoms in total. The van der Waals surface area contributed by atoms with Crippen LogP contribution in [-0.4, -0.2) is 32.2 Å². The number of methoxy groups -OCH3 is 1. The molecule has 0 aliphatic heterocycles. The molecule has 0 spiro atoms. The van der Waals surface area contributed by atoms with Gasteiger partial charge in [0.1, 0.15) is 18.1 Å². The maximum Gasteiger partial charge on any atom is 0.292 e. The molecule has 41 heavy (non-hydrogen) atoms. The Balaban J connectivity index is 0.000000902. The van der Waals surface area contributed by atoms with E-state index in [1.54, 1.807) is 0 Å². The number of aryl methyl sites for hydroxylation is 2. The summed E-state index contributed by atoms with van der Waals surface area (Å²) >= 11 is 1.86. The van der Waals surface area contributed by atoms with Gasteiger partial charge in [0, 0.05) is 0 Å². The molecule has 0 bridgehead atoms. The number of carbonyl (C=O) groups excluding carboxylic acids is 1. The summed E-state index contributed by atoms with van der Waals surface area (Å²) in [7, 11) is 1.31. The number of hydrogen-bond acceptors (Lipinski definition) is 5. The van der Waals surface area contributed by atoms with Crippen LogP contribution in [0.4, 0.5) is 0 Å². The van der Waals surface area contributed by atoms with Crippen LogP contribution in [0.5, 0.6) is 11.5 Å². The number of carbonyl (C=O) groups is 1. The summed E-state index contributed by atoms with van der Waals surface area (Å²) in [6.07, 6.45) is 7.79. The van der Waals surface area contributed by atoms with Crippen molar-refractivity contribution in [2.24, 2.45) is 0 Å². The second kappa shape index (κ2) is 18.3. The average molecular weight is 577 g/mol. The summed E-state index contributed by atoms with van der Waals surface area (Å²) in [5.41, 5.74) is 10.5. The molecule has 1 aliphatic rings. The second-order valence-corrected chi connectivity index (χ2v) is 10.8. The minimum atomic E-state index is 0.375. The molecule has 0 amide bonds. The molecule has 3 aromatic carbocycles. The van der Waals surface area contributed by atoms with E-state index < -0.39 is 0 Å². The van der Waals surface area contributed by atoms with Crippen LogP contribution >= 0.6 is 11.8 Å². The number of allylic oxidation sites excluding steroid dienone is 2. The first kappa shape index (κ1) is 34.0. The van der Waals surface area contributed by atoms with Crippen LogP contribution in [-0.2, 0) is 16.1 Å². The lowest BCUT2D eigenvalue weighted by Gasteiger charge is -2.15. The SMILES string of the molecule is C/C=C1/CC(CC)c2ccc(OCc3cccc(-c4c(C)cc(OCCCSC)cc4C)c3)cc21.CC.COC=O. The Hall–Kier alpha value is -3.18. The standard InChI is InChI=1S/C32H38O2S.C2H4O2.C2H6/c1-6-25-19-26(7-2)31-20-28(12-13-30(25)31)34-21-24-10-8-11-27(18-24)32-22(3)16-29(17-23(32)4)33-14-9-15-35-5;1-4-2-3;1-2/h7-8,10-13,16-18,20,25H,6,9,14-15,19,21H2,1-5H3;2H,1H3;1-2H3/b26-7-;;. The first-order valence-electron chi connectivity index (χ1n) is 14.7. The van der Waals surface area contributed by atoms with Crippen molar-refractivity contribution in [2.75, 3.05) is 25.7 Å². The third kappa shape index (κ3) is 9.71. The fraction of sp³-hybridized carbons (Fsp3) is 0.417. The van der Waals surface area contributed by atoms with Crippen LogP contribution in [0.1, 0.15) is 80.7 Å². The number of thioether (sulfide) groups is 1. The summed E-state index contributed by atoms with van der Waals surface area (Å²) in [6.45, 7) is 14.5. The first-order chi connectivity index (χ1) is 19.9. The van der Waals surface area contributed by atoms with Crippen molar-refractivity contribution in [3.05, 3.63) is 88.5 Å². The number of ether oxygens (including phenoxy) is 3. The van der Waals surface area contributed by atoms with Crippen molar-refractivity contribution < 1.29 is 19.0 Å². The zero-order chi connectivity index (χ0) is 30.2. The summed E-state index contributed by atoms with van der Waals surface area (Å²) in [5.74, 6) is 3.68. The van der Waals surface area contributed by atoms with E-state index in [4.69, 9.17) is 14.3 Å². The molecule has 1 aliphatic carbocycles. The molecule has 0 radical (unpaired) electrons. The third-order valence-electron chi connectivity index (χ3n) is 7.10. The van der Waals surface area contributed by atoms with Crippen molar-refractivity contribution in [3.63, 3.8) is 0 Å². The molecule has 4 rings (SSSR count). The Kier molecular flexibility index (Phi) is 15.2. The number of rotatable bonds is 11. The van der Waals surface area contributed by atoms with E-state index in [2.05, 4.69) is 99.4 Å². The second-order valence-electron chi connectivity index (χ2n) is 9.82. The van der Waals surface area contributed by atoms with E-state index in [1.807, 2.05) is 25.6 Å². The minimum absolute atomic E-state index is 0.375. The topological polar surface area (TPSA) is 44.8 Å². The molecule has 1 atom stereocenters. The summed E-state index contributed by atoms with van der Waals surface area (Å²) in [6, 6.07) is 19.7. The van der Waals surface area contributed by atoms with E-state index in [-0.39, 0.29) is 0 Å². The number of benzene rings is 3. The highest BCUT2D eigenvalue weighted by molar-refractivity contribution is 7.98. The molecule has 0 fully saturated rings. The van der Waals surface area contributed by atoms with Crippen molar-refractivity contribution in [1.29, 1.82) is 0 Å². The molecule has 5 heteroatoms. The van der Waals surface area contributed by atoms with Gasteiger partial charge in [-0.3, -0.25) is 4.79 Å². The molecule has 0 saturated heterocycles. The van der Waals surface area contributed by atoms with Gasteiger partial charge in [-0.1, -0.05) is 51.1 Å². The molecule has 3 aromatic rings. The predicted molar refractivity (Wildman–Crippen MR) is 176 cm³/mol. The average Bonchev–Trinajstić information content (AvgIpc) is 3.36. The molecular weight excluding hydrogens is 528 g/mol. The summed E-state index contributed by atoms with van der Waals surface area (Å²) in [4.78, 5) is 8.95. The minimum Gasteiger partial charge on any atom is -0.494 e. The monoisotopic (exact) mass is 576 g/mol. The highest BCUT2D eigenvalue weighted by atomic mass is 32.2. The van der Waals surface area contributed by atoms with E-state index in [0.29, 0.717) is 19.0 Å². The van der Waals surface area contributed by atoms with Gasteiger partial charge in [-0.05, 0) is 133 Å². The fourth-order valence-corrected chi connectivity index (χ4v) is 5.63. The largest absolute Gasteiger partial charge is 0.494 e. The van der Waals surface area contributed by atoms with Crippen LogP contribution in [0.25, 0.3) is 16.7 Å². The number of hydrogen-bond donors (Lipinski definition) is 0. The maximum absolute atomic E-state index is 8.95. The highest BCUT2D eigenvalue weighted by Gasteiger charge is 2.25. The lowest BCUT2D eigenvalue weighted by atomic mass is 9.94. The van der Waals surface area contributed by atoms with E-state index >= 15 is 0 Å². The molecule has 1 unspecified atom stereocenters. The first-order valence-corrected chi connectivity index (χ1v) is 16.1. The van der Waals surface area contributed by atoms with Gasteiger partial charge >= 0.3 is 0 Å². The molecule has 0 saturated carbocycles.